The number of nitrogens with zero attached hydrogens (tertiary/aromatic N) is 3. The van der Waals surface area contributed by atoms with Gasteiger partial charge in [0.05, 0.1) is 7.11 Å². The first kappa shape index (κ1) is 25.9. The first-order valence-corrected chi connectivity index (χ1v) is 13.6. The molecule has 1 amide bonds. The number of aromatic nitrogens is 2. The summed E-state index contributed by atoms with van der Waals surface area (Å²) in [7, 11) is 1.58. The minimum absolute atomic E-state index is 0.115. The average molecular weight is 529 g/mol. The maximum Gasteiger partial charge on any atom is 0.298 e. The molecule has 0 saturated carbocycles. The largest absolute Gasteiger partial charge is 0.493 e. The van der Waals surface area contributed by atoms with Crippen LogP contribution < -0.4 is 14.8 Å². The Kier molecular flexibility index (Phi) is 8.31. The number of amides is 1. The van der Waals surface area contributed by atoms with Crippen LogP contribution in [0.5, 0.6) is 16.7 Å². The van der Waals surface area contributed by atoms with Crippen LogP contribution in [0.25, 0.3) is 0 Å². The van der Waals surface area contributed by atoms with E-state index < -0.39 is 0 Å². The average Bonchev–Trinajstić information content (AvgIpc) is 3.38. The topological polar surface area (TPSA) is 76.6 Å². The molecule has 1 fully saturated rings. The minimum Gasteiger partial charge on any atom is -0.493 e. The van der Waals surface area contributed by atoms with Crippen molar-refractivity contribution in [1.82, 2.24) is 19.6 Å². The molecule has 2 heterocycles. The number of carbonyl (C=O) groups is 1. The molecule has 0 bridgehead atoms. The molecule has 196 valence electrons. The lowest BCUT2D eigenvalue weighted by Gasteiger charge is -2.32. The van der Waals surface area contributed by atoms with E-state index >= 15 is 0 Å². The number of likely N-dealkylation sites (tertiary alicyclic amines) is 1. The van der Waals surface area contributed by atoms with Gasteiger partial charge in [-0.15, -0.1) is 0 Å². The van der Waals surface area contributed by atoms with E-state index in [2.05, 4.69) is 75.0 Å². The molecule has 38 heavy (non-hydrogen) atoms. The van der Waals surface area contributed by atoms with Crippen LogP contribution in [0.1, 0.15) is 45.7 Å². The quantitative estimate of drug-likeness (QED) is 0.303. The van der Waals surface area contributed by atoms with Crippen molar-refractivity contribution in [2.45, 2.75) is 38.8 Å². The molecule has 8 heteroatoms. The third-order valence-electron chi connectivity index (χ3n) is 6.73. The van der Waals surface area contributed by atoms with Gasteiger partial charge in [0.1, 0.15) is 0 Å². The number of nitrogens with one attached hydrogen (secondary N) is 1. The number of ether oxygens (including phenoxy) is 2. The van der Waals surface area contributed by atoms with Crippen LogP contribution in [-0.4, -0.2) is 46.4 Å². The Labute approximate surface area is 227 Å². The number of rotatable bonds is 9. The molecule has 1 N–H and O–H groups in total. The molecule has 0 atom stereocenters. The summed E-state index contributed by atoms with van der Waals surface area (Å²) in [5, 5.41) is 3.61. The van der Waals surface area contributed by atoms with E-state index in [0.717, 1.165) is 38.0 Å². The van der Waals surface area contributed by atoms with Gasteiger partial charge in [0.2, 0.25) is 0 Å². The second-order valence-corrected chi connectivity index (χ2v) is 10.3. The predicted molar refractivity (Wildman–Crippen MR) is 149 cm³/mol. The summed E-state index contributed by atoms with van der Waals surface area (Å²) >= 11 is 1.19. The molecule has 1 aliphatic rings. The molecular weight excluding hydrogens is 496 g/mol. The van der Waals surface area contributed by atoms with Crippen LogP contribution in [0.2, 0.25) is 0 Å². The number of carbonyl (C=O) groups excluding carboxylic acids is 1. The Morgan fingerprint density at radius 2 is 1.76 bits per heavy atom. The van der Waals surface area contributed by atoms with Crippen molar-refractivity contribution in [2.75, 3.05) is 20.2 Å². The summed E-state index contributed by atoms with van der Waals surface area (Å²) in [6, 6.07) is 24.2. The second-order valence-electron chi connectivity index (χ2n) is 9.62. The van der Waals surface area contributed by atoms with Crippen LogP contribution in [0.3, 0.4) is 0 Å². The molecule has 5 rings (SSSR count). The highest BCUT2D eigenvalue weighted by atomic mass is 32.1. The fraction of sp³-hybridized carbons (Fsp3) is 0.300. The highest BCUT2D eigenvalue weighted by molar-refractivity contribution is 7.07. The zero-order chi connectivity index (χ0) is 26.3. The fourth-order valence-electron chi connectivity index (χ4n) is 4.58. The van der Waals surface area contributed by atoms with E-state index in [-0.39, 0.29) is 11.9 Å². The van der Waals surface area contributed by atoms with Gasteiger partial charge in [-0.3, -0.25) is 9.69 Å². The summed E-state index contributed by atoms with van der Waals surface area (Å²) in [6.07, 6.45) is 2.48. The predicted octanol–water partition coefficient (Wildman–Crippen LogP) is 5.63. The third-order valence-corrected chi connectivity index (χ3v) is 7.36. The van der Waals surface area contributed by atoms with Gasteiger partial charge in [0.25, 0.3) is 11.1 Å². The van der Waals surface area contributed by atoms with Crippen LogP contribution in [-0.2, 0) is 13.0 Å². The van der Waals surface area contributed by atoms with Crippen LogP contribution in [0.4, 0.5) is 0 Å². The number of piperidine rings is 1. The van der Waals surface area contributed by atoms with Gasteiger partial charge < -0.3 is 14.8 Å². The van der Waals surface area contributed by atoms with E-state index in [1.807, 2.05) is 6.07 Å². The third kappa shape index (κ3) is 6.76. The lowest BCUT2D eigenvalue weighted by Crippen LogP contribution is -2.44. The molecule has 7 nitrogen and oxygen atoms in total. The smallest absolute Gasteiger partial charge is 0.298 e. The molecule has 1 aliphatic heterocycles. The Bertz CT molecular complexity index is 1350. The van der Waals surface area contributed by atoms with Gasteiger partial charge in [0.15, 0.2) is 17.3 Å². The molecule has 1 aromatic heterocycles. The standard InChI is InChI=1S/C30H32N4O3S/c1-21-8-10-22(11-9-21)18-28-32-30(38-33-28)37-27-19-24(12-13-26(27)36-2)29(35)31-25-14-16-34(17-15-25)20-23-6-4-3-5-7-23/h3-13,19,25H,14-18,20H2,1-2H3,(H,31,35). The lowest BCUT2D eigenvalue weighted by atomic mass is 10.0. The van der Waals surface area contributed by atoms with Gasteiger partial charge in [-0.05, 0) is 49.1 Å². The van der Waals surface area contributed by atoms with E-state index in [0.29, 0.717) is 34.5 Å². The Morgan fingerprint density at radius 1 is 1.00 bits per heavy atom. The maximum atomic E-state index is 13.1. The summed E-state index contributed by atoms with van der Waals surface area (Å²) in [5.74, 6) is 1.55. The van der Waals surface area contributed by atoms with Crippen LogP contribution >= 0.6 is 11.5 Å². The molecule has 4 aromatic rings. The minimum atomic E-state index is -0.115. The summed E-state index contributed by atoms with van der Waals surface area (Å²) in [6.45, 7) is 4.92. The van der Waals surface area contributed by atoms with Gasteiger partial charge in [-0.2, -0.15) is 9.36 Å². The number of benzene rings is 3. The van der Waals surface area contributed by atoms with Crippen LogP contribution in [0.15, 0.2) is 72.8 Å². The van der Waals surface area contributed by atoms with E-state index in [1.54, 1.807) is 25.3 Å². The van der Waals surface area contributed by atoms with Crippen molar-refractivity contribution in [3.63, 3.8) is 0 Å². The Hall–Kier alpha value is -3.75. The van der Waals surface area contributed by atoms with Crippen molar-refractivity contribution in [3.8, 4) is 16.7 Å². The number of hydrogen-bond acceptors (Lipinski definition) is 7. The molecule has 1 saturated heterocycles. The summed E-state index contributed by atoms with van der Waals surface area (Å²) < 4.78 is 15.9. The highest BCUT2D eigenvalue weighted by Gasteiger charge is 2.22. The van der Waals surface area contributed by atoms with Gasteiger partial charge in [-0.25, -0.2) is 0 Å². The normalized spacial score (nSPS) is 14.3. The molecule has 3 aromatic carbocycles. The van der Waals surface area contributed by atoms with Crippen molar-refractivity contribution < 1.29 is 14.3 Å². The molecule has 0 spiro atoms. The molecule has 0 unspecified atom stereocenters. The zero-order valence-corrected chi connectivity index (χ0v) is 22.5. The Morgan fingerprint density at radius 3 is 2.50 bits per heavy atom. The van der Waals surface area contributed by atoms with Crippen molar-refractivity contribution in [1.29, 1.82) is 0 Å². The van der Waals surface area contributed by atoms with Crippen LogP contribution in [0, 0.1) is 6.92 Å². The fourth-order valence-corrected chi connectivity index (χ4v) is 5.14. The second kappa shape index (κ2) is 12.2. The first-order chi connectivity index (χ1) is 18.6. The Balaban J connectivity index is 1.18. The van der Waals surface area contributed by atoms with E-state index in [4.69, 9.17) is 9.47 Å². The van der Waals surface area contributed by atoms with Gasteiger partial charge in [-0.1, -0.05) is 60.2 Å². The molecular formula is C30H32N4O3S. The van der Waals surface area contributed by atoms with E-state index in [1.165, 1.54) is 22.7 Å². The van der Waals surface area contributed by atoms with Gasteiger partial charge in [0, 0.05) is 49.2 Å². The zero-order valence-electron chi connectivity index (χ0n) is 21.7. The van der Waals surface area contributed by atoms with Crippen molar-refractivity contribution in [2.24, 2.45) is 0 Å². The number of hydrogen-bond donors (Lipinski definition) is 1. The number of aryl methyl sites for hydroxylation is 1. The summed E-state index contributed by atoms with van der Waals surface area (Å²) in [5.41, 5.74) is 4.20. The van der Waals surface area contributed by atoms with E-state index in [9.17, 15) is 4.79 Å². The molecule has 0 radical (unpaired) electrons. The molecule has 0 aliphatic carbocycles. The lowest BCUT2D eigenvalue weighted by molar-refractivity contribution is 0.0908. The van der Waals surface area contributed by atoms with Gasteiger partial charge >= 0.3 is 0 Å². The monoisotopic (exact) mass is 528 g/mol. The van der Waals surface area contributed by atoms with Crippen molar-refractivity contribution in [3.05, 3.63) is 101 Å². The SMILES string of the molecule is COc1ccc(C(=O)NC2CCN(Cc3ccccc3)CC2)cc1Oc1nc(Cc2ccc(C)cc2)ns1. The summed E-state index contributed by atoms with van der Waals surface area (Å²) in [4.78, 5) is 20.0. The number of methoxy groups -OCH3 is 1. The maximum absolute atomic E-state index is 13.1. The first-order valence-electron chi connectivity index (χ1n) is 12.9. The van der Waals surface area contributed by atoms with Crippen molar-refractivity contribution >= 4 is 17.4 Å². The highest BCUT2D eigenvalue weighted by Crippen LogP contribution is 2.33.